The number of aryl methyl sites for hydroxylation is 2. The maximum absolute atomic E-state index is 12.3. The minimum absolute atomic E-state index is 0.0590. The molecule has 0 fully saturated rings. The van der Waals surface area contributed by atoms with Crippen molar-refractivity contribution in [1.82, 2.24) is 0 Å². The van der Waals surface area contributed by atoms with E-state index in [1.807, 2.05) is 32.0 Å². The van der Waals surface area contributed by atoms with Gasteiger partial charge in [-0.3, -0.25) is 4.79 Å². The average molecular weight is 280 g/mol. The molecular weight excluding hydrogens is 264 g/mol. The topological polar surface area (TPSA) is 62.1 Å². The maximum atomic E-state index is 12.3. The zero-order chi connectivity index (χ0) is 15.2. The Morgan fingerprint density at radius 2 is 1.95 bits per heavy atom. The van der Waals surface area contributed by atoms with Crippen LogP contribution in [0, 0.1) is 25.2 Å². The van der Waals surface area contributed by atoms with Crippen LogP contribution in [-0.4, -0.2) is 12.5 Å². The molecule has 4 heteroatoms. The summed E-state index contributed by atoms with van der Waals surface area (Å²) >= 11 is 0. The second kappa shape index (κ2) is 6.58. The predicted octanol–water partition coefficient (Wildman–Crippen LogP) is 3.46. The van der Waals surface area contributed by atoms with Gasteiger partial charge in [0.15, 0.2) is 6.61 Å². The molecule has 0 saturated heterocycles. The molecule has 2 aromatic carbocycles. The molecule has 0 spiro atoms. The number of nitrogens with one attached hydrogen (secondary N) is 1. The summed E-state index contributed by atoms with van der Waals surface area (Å²) < 4.78 is 5.29. The third-order valence-corrected chi connectivity index (χ3v) is 3.20. The van der Waals surface area contributed by atoms with Crippen LogP contribution in [0.5, 0.6) is 5.75 Å². The number of nitriles is 1. The van der Waals surface area contributed by atoms with Crippen LogP contribution < -0.4 is 10.1 Å². The SMILES string of the molecule is Cc1ccc(C(=O)Nc2ccccc2OCC#N)cc1C. The van der Waals surface area contributed by atoms with Crippen LogP contribution in [-0.2, 0) is 0 Å². The van der Waals surface area contributed by atoms with Crippen molar-refractivity contribution in [3.63, 3.8) is 0 Å². The third kappa shape index (κ3) is 3.61. The zero-order valence-corrected chi connectivity index (χ0v) is 12.0. The van der Waals surface area contributed by atoms with Crippen LogP contribution in [0.3, 0.4) is 0 Å². The van der Waals surface area contributed by atoms with Gasteiger partial charge in [-0.2, -0.15) is 5.26 Å². The highest BCUT2D eigenvalue weighted by molar-refractivity contribution is 6.05. The molecule has 2 aromatic rings. The molecule has 0 aromatic heterocycles. The van der Waals surface area contributed by atoms with Crippen LogP contribution >= 0.6 is 0 Å². The summed E-state index contributed by atoms with van der Waals surface area (Å²) in [5.41, 5.74) is 3.35. The Balaban J connectivity index is 2.19. The van der Waals surface area contributed by atoms with E-state index in [0.29, 0.717) is 17.0 Å². The van der Waals surface area contributed by atoms with Crippen LogP contribution in [0.25, 0.3) is 0 Å². The Morgan fingerprint density at radius 3 is 2.67 bits per heavy atom. The van der Waals surface area contributed by atoms with Gasteiger partial charge in [-0.25, -0.2) is 0 Å². The van der Waals surface area contributed by atoms with E-state index >= 15 is 0 Å². The molecule has 106 valence electrons. The highest BCUT2D eigenvalue weighted by atomic mass is 16.5. The Morgan fingerprint density at radius 1 is 1.19 bits per heavy atom. The molecule has 0 bridgehead atoms. The highest BCUT2D eigenvalue weighted by Gasteiger charge is 2.10. The second-order valence-corrected chi connectivity index (χ2v) is 4.70. The van der Waals surface area contributed by atoms with E-state index in [4.69, 9.17) is 10.00 Å². The molecular formula is C17H16N2O2. The molecule has 0 saturated carbocycles. The van der Waals surface area contributed by atoms with Crippen molar-refractivity contribution in [1.29, 1.82) is 5.26 Å². The Bertz CT molecular complexity index is 702. The van der Waals surface area contributed by atoms with Crippen molar-refractivity contribution < 1.29 is 9.53 Å². The largest absolute Gasteiger partial charge is 0.477 e. The standard InChI is InChI=1S/C17H16N2O2/c1-12-7-8-14(11-13(12)2)17(20)19-15-5-3-4-6-16(15)21-10-9-18/h3-8,11H,10H2,1-2H3,(H,19,20). The predicted molar refractivity (Wildman–Crippen MR) is 81.4 cm³/mol. The number of rotatable bonds is 4. The number of anilines is 1. The monoisotopic (exact) mass is 280 g/mol. The summed E-state index contributed by atoms with van der Waals surface area (Å²) in [7, 11) is 0. The zero-order valence-electron chi connectivity index (χ0n) is 12.0. The number of para-hydroxylation sites is 2. The number of benzene rings is 2. The molecule has 0 atom stereocenters. The van der Waals surface area contributed by atoms with Crippen molar-refractivity contribution in [3.8, 4) is 11.8 Å². The third-order valence-electron chi connectivity index (χ3n) is 3.20. The average Bonchev–Trinajstić information content (AvgIpc) is 2.49. The van der Waals surface area contributed by atoms with Gasteiger partial charge in [0.25, 0.3) is 5.91 Å². The van der Waals surface area contributed by atoms with Crippen molar-refractivity contribution in [3.05, 3.63) is 59.2 Å². The molecule has 1 amide bonds. The first-order chi connectivity index (χ1) is 10.1. The van der Waals surface area contributed by atoms with Gasteiger partial charge >= 0.3 is 0 Å². The summed E-state index contributed by atoms with van der Waals surface area (Å²) in [4.78, 5) is 12.3. The lowest BCUT2D eigenvalue weighted by molar-refractivity contribution is 0.102. The summed E-state index contributed by atoms with van der Waals surface area (Å²) in [5, 5.41) is 11.4. The van der Waals surface area contributed by atoms with Crippen molar-refractivity contribution >= 4 is 11.6 Å². The fourth-order valence-corrected chi connectivity index (χ4v) is 1.88. The minimum Gasteiger partial charge on any atom is -0.477 e. The Hall–Kier alpha value is -2.80. The van der Waals surface area contributed by atoms with Gasteiger partial charge in [0.1, 0.15) is 11.8 Å². The number of carbonyl (C=O) groups is 1. The van der Waals surface area contributed by atoms with Gasteiger partial charge in [0.2, 0.25) is 0 Å². The smallest absolute Gasteiger partial charge is 0.255 e. The van der Waals surface area contributed by atoms with Crippen molar-refractivity contribution in [2.75, 3.05) is 11.9 Å². The first-order valence-electron chi connectivity index (χ1n) is 6.59. The summed E-state index contributed by atoms with van der Waals surface area (Å²) in [5.74, 6) is 0.280. The van der Waals surface area contributed by atoms with Gasteiger partial charge < -0.3 is 10.1 Å². The number of ether oxygens (including phenoxy) is 1. The first kappa shape index (κ1) is 14.6. The Kier molecular flexibility index (Phi) is 4.57. The molecule has 4 nitrogen and oxygen atoms in total. The molecule has 0 radical (unpaired) electrons. The van der Waals surface area contributed by atoms with E-state index in [1.54, 1.807) is 30.3 Å². The van der Waals surface area contributed by atoms with E-state index in [2.05, 4.69) is 5.32 Å². The fourth-order valence-electron chi connectivity index (χ4n) is 1.88. The van der Waals surface area contributed by atoms with Crippen molar-refractivity contribution in [2.45, 2.75) is 13.8 Å². The molecule has 0 aliphatic heterocycles. The molecule has 0 unspecified atom stereocenters. The van der Waals surface area contributed by atoms with E-state index in [-0.39, 0.29) is 12.5 Å². The second-order valence-electron chi connectivity index (χ2n) is 4.70. The van der Waals surface area contributed by atoms with E-state index < -0.39 is 0 Å². The van der Waals surface area contributed by atoms with Gasteiger partial charge in [0.05, 0.1) is 5.69 Å². The van der Waals surface area contributed by atoms with E-state index in [1.165, 1.54) is 0 Å². The van der Waals surface area contributed by atoms with Crippen LogP contribution in [0.1, 0.15) is 21.5 Å². The molecule has 0 aliphatic carbocycles. The highest BCUT2D eigenvalue weighted by Crippen LogP contribution is 2.24. The van der Waals surface area contributed by atoms with Gasteiger partial charge in [-0.15, -0.1) is 0 Å². The lowest BCUT2D eigenvalue weighted by Crippen LogP contribution is -2.13. The summed E-state index contributed by atoms with van der Waals surface area (Å²) in [6, 6.07) is 14.5. The van der Waals surface area contributed by atoms with Gasteiger partial charge in [-0.05, 0) is 49.2 Å². The molecule has 2 rings (SSSR count). The van der Waals surface area contributed by atoms with Gasteiger partial charge in [0, 0.05) is 5.56 Å². The van der Waals surface area contributed by atoms with Crippen LogP contribution in [0.2, 0.25) is 0 Å². The Labute approximate surface area is 124 Å². The summed E-state index contributed by atoms with van der Waals surface area (Å²) in [6.45, 7) is 3.91. The maximum Gasteiger partial charge on any atom is 0.255 e. The van der Waals surface area contributed by atoms with Crippen LogP contribution in [0.15, 0.2) is 42.5 Å². The van der Waals surface area contributed by atoms with E-state index in [9.17, 15) is 4.79 Å². The van der Waals surface area contributed by atoms with Gasteiger partial charge in [-0.1, -0.05) is 18.2 Å². The van der Waals surface area contributed by atoms with Crippen molar-refractivity contribution in [2.24, 2.45) is 0 Å². The normalized spacial score (nSPS) is 9.76. The quantitative estimate of drug-likeness (QED) is 0.932. The fraction of sp³-hybridized carbons (Fsp3) is 0.176. The number of hydrogen-bond acceptors (Lipinski definition) is 3. The molecule has 0 aliphatic rings. The van der Waals surface area contributed by atoms with E-state index in [0.717, 1.165) is 11.1 Å². The minimum atomic E-state index is -0.203. The number of amides is 1. The number of carbonyl (C=O) groups excluding carboxylic acids is 1. The molecule has 21 heavy (non-hydrogen) atoms. The number of nitrogens with zero attached hydrogens (tertiary/aromatic N) is 1. The van der Waals surface area contributed by atoms with Crippen LogP contribution in [0.4, 0.5) is 5.69 Å². The molecule has 0 heterocycles. The first-order valence-corrected chi connectivity index (χ1v) is 6.59. The summed E-state index contributed by atoms with van der Waals surface area (Å²) in [6.07, 6.45) is 0. The number of hydrogen-bond donors (Lipinski definition) is 1. The molecule has 1 N–H and O–H groups in total. The lowest BCUT2D eigenvalue weighted by atomic mass is 10.1. The lowest BCUT2D eigenvalue weighted by Gasteiger charge is -2.11.